The Labute approximate surface area is 88.7 Å². The van der Waals surface area contributed by atoms with E-state index >= 15 is 0 Å². The number of hydrogen-bond acceptors (Lipinski definition) is 1. The summed E-state index contributed by atoms with van der Waals surface area (Å²) in [5.41, 5.74) is 0.741. The lowest BCUT2D eigenvalue weighted by atomic mass is 9.93. The first-order valence-electron chi connectivity index (χ1n) is 5.03. The molecule has 0 aliphatic heterocycles. The highest BCUT2D eigenvalue weighted by atomic mass is 19.1. The molecule has 0 heterocycles. The zero-order valence-electron chi connectivity index (χ0n) is 8.69. The topological polar surface area (TPSA) is 37.3 Å². The Balaban J connectivity index is 2.71. The van der Waals surface area contributed by atoms with Crippen LogP contribution in [-0.4, -0.2) is 17.2 Å². The number of alkyl halides is 1. The van der Waals surface area contributed by atoms with Crippen LogP contribution in [0.5, 0.6) is 0 Å². The van der Waals surface area contributed by atoms with Gasteiger partial charge in [0.2, 0.25) is 0 Å². The fraction of sp³-hybridized carbons (Fsp3) is 0.417. The van der Waals surface area contributed by atoms with Crippen molar-refractivity contribution in [2.75, 3.05) is 0 Å². The summed E-state index contributed by atoms with van der Waals surface area (Å²) in [4.78, 5) is 11.0. The van der Waals surface area contributed by atoms with Crippen LogP contribution in [0, 0.1) is 0 Å². The Morgan fingerprint density at radius 2 is 1.93 bits per heavy atom. The molecule has 2 unspecified atom stereocenters. The molecule has 2 atom stereocenters. The first-order chi connectivity index (χ1) is 7.11. The predicted octanol–water partition coefficient (Wildman–Crippen LogP) is 2.99. The van der Waals surface area contributed by atoms with Crippen molar-refractivity contribution in [3.63, 3.8) is 0 Å². The van der Waals surface area contributed by atoms with Crippen molar-refractivity contribution in [2.45, 2.75) is 31.9 Å². The largest absolute Gasteiger partial charge is 0.481 e. The van der Waals surface area contributed by atoms with Gasteiger partial charge in [0.1, 0.15) is 0 Å². The monoisotopic (exact) mass is 210 g/mol. The number of aliphatic carboxylic acids is 1. The maximum Gasteiger partial charge on any atom is 0.310 e. The summed E-state index contributed by atoms with van der Waals surface area (Å²) in [5, 5.41) is 9.02. The van der Waals surface area contributed by atoms with E-state index in [1.54, 1.807) is 24.3 Å². The summed E-state index contributed by atoms with van der Waals surface area (Å²) in [6.07, 6.45) is -0.321. The highest BCUT2D eigenvalue weighted by molar-refractivity contribution is 5.75. The molecule has 3 heteroatoms. The van der Waals surface area contributed by atoms with E-state index in [1.807, 2.05) is 6.07 Å². The van der Waals surface area contributed by atoms with Crippen LogP contribution in [0.2, 0.25) is 0 Å². The Morgan fingerprint density at radius 3 is 2.40 bits per heavy atom. The van der Waals surface area contributed by atoms with E-state index in [0.717, 1.165) is 5.56 Å². The molecule has 0 spiro atoms. The molecule has 0 aliphatic rings. The molecule has 0 amide bonds. The minimum atomic E-state index is -0.949. The molecule has 2 nitrogen and oxygen atoms in total. The van der Waals surface area contributed by atoms with Crippen molar-refractivity contribution in [3.8, 4) is 0 Å². The fourth-order valence-electron chi connectivity index (χ4n) is 1.51. The van der Waals surface area contributed by atoms with Gasteiger partial charge in [-0.1, -0.05) is 30.3 Å². The smallest absolute Gasteiger partial charge is 0.310 e. The molecular weight excluding hydrogens is 195 g/mol. The first-order valence-corrected chi connectivity index (χ1v) is 5.03. The Morgan fingerprint density at radius 1 is 1.33 bits per heavy atom. The summed E-state index contributed by atoms with van der Waals surface area (Å²) in [7, 11) is 0. The Hall–Kier alpha value is -1.38. The predicted molar refractivity (Wildman–Crippen MR) is 56.6 cm³/mol. The van der Waals surface area contributed by atoms with Gasteiger partial charge in [-0.15, -0.1) is 0 Å². The lowest BCUT2D eigenvalue weighted by molar-refractivity contribution is -0.139. The van der Waals surface area contributed by atoms with Crippen molar-refractivity contribution in [2.24, 2.45) is 0 Å². The number of carboxylic acids is 1. The Kier molecular flexibility index (Phi) is 4.28. The summed E-state index contributed by atoms with van der Waals surface area (Å²) < 4.78 is 12.6. The second kappa shape index (κ2) is 5.49. The lowest BCUT2D eigenvalue weighted by Gasteiger charge is -2.12. The average Bonchev–Trinajstić information content (AvgIpc) is 2.18. The van der Waals surface area contributed by atoms with E-state index in [-0.39, 0.29) is 6.42 Å². The number of benzene rings is 1. The van der Waals surface area contributed by atoms with Crippen molar-refractivity contribution >= 4 is 5.97 Å². The third-order valence-electron chi connectivity index (χ3n) is 2.35. The van der Waals surface area contributed by atoms with E-state index in [4.69, 9.17) is 5.11 Å². The molecule has 0 aliphatic carbocycles. The van der Waals surface area contributed by atoms with E-state index in [1.165, 1.54) is 6.92 Å². The van der Waals surface area contributed by atoms with E-state index in [9.17, 15) is 9.18 Å². The van der Waals surface area contributed by atoms with Gasteiger partial charge in [0.15, 0.2) is 0 Å². The standard InChI is InChI=1S/C12H15FO2/c1-9(13)7-8-11(12(14)15)10-5-3-2-4-6-10/h2-6,9,11H,7-8H2,1H3,(H,14,15). The van der Waals surface area contributed by atoms with Crippen LogP contribution in [0.4, 0.5) is 4.39 Å². The van der Waals surface area contributed by atoms with Gasteiger partial charge >= 0.3 is 5.97 Å². The van der Waals surface area contributed by atoms with Crippen LogP contribution < -0.4 is 0 Å². The maximum atomic E-state index is 12.6. The summed E-state index contributed by atoms with van der Waals surface area (Å²) in [6, 6.07) is 8.96. The van der Waals surface area contributed by atoms with Crippen LogP contribution in [0.3, 0.4) is 0 Å². The van der Waals surface area contributed by atoms with Crippen LogP contribution >= 0.6 is 0 Å². The van der Waals surface area contributed by atoms with Gasteiger partial charge in [-0.25, -0.2) is 4.39 Å². The molecule has 15 heavy (non-hydrogen) atoms. The lowest BCUT2D eigenvalue weighted by Crippen LogP contribution is -2.13. The van der Waals surface area contributed by atoms with Crippen molar-refractivity contribution in [3.05, 3.63) is 35.9 Å². The Bertz CT molecular complexity index is 309. The first kappa shape index (κ1) is 11.7. The molecule has 1 N–H and O–H groups in total. The minimum Gasteiger partial charge on any atom is -0.481 e. The third-order valence-corrected chi connectivity index (χ3v) is 2.35. The molecular formula is C12H15FO2. The zero-order valence-corrected chi connectivity index (χ0v) is 8.69. The van der Waals surface area contributed by atoms with Gasteiger partial charge in [0, 0.05) is 0 Å². The van der Waals surface area contributed by atoms with Crippen molar-refractivity contribution in [1.82, 2.24) is 0 Å². The number of rotatable bonds is 5. The van der Waals surface area contributed by atoms with Crippen molar-refractivity contribution < 1.29 is 14.3 Å². The number of carboxylic acid groups (broad SMARTS) is 1. The van der Waals surface area contributed by atoms with Crippen LogP contribution in [0.25, 0.3) is 0 Å². The highest BCUT2D eigenvalue weighted by Gasteiger charge is 2.19. The molecule has 0 saturated heterocycles. The highest BCUT2D eigenvalue weighted by Crippen LogP contribution is 2.22. The van der Waals surface area contributed by atoms with Gasteiger partial charge < -0.3 is 5.11 Å². The number of halogens is 1. The molecule has 0 saturated carbocycles. The second-order valence-electron chi connectivity index (χ2n) is 3.66. The van der Waals surface area contributed by atoms with Crippen LogP contribution in [0.1, 0.15) is 31.2 Å². The van der Waals surface area contributed by atoms with Gasteiger partial charge in [-0.05, 0) is 25.3 Å². The molecule has 1 aromatic rings. The van der Waals surface area contributed by atoms with E-state index < -0.39 is 18.1 Å². The zero-order chi connectivity index (χ0) is 11.3. The van der Waals surface area contributed by atoms with Gasteiger partial charge in [0.05, 0.1) is 12.1 Å². The maximum absolute atomic E-state index is 12.6. The molecule has 0 radical (unpaired) electrons. The van der Waals surface area contributed by atoms with Gasteiger partial charge in [-0.3, -0.25) is 4.79 Å². The fourth-order valence-corrected chi connectivity index (χ4v) is 1.51. The van der Waals surface area contributed by atoms with Crippen LogP contribution in [-0.2, 0) is 4.79 Å². The normalized spacial score (nSPS) is 14.5. The molecule has 1 rings (SSSR count). The number of carbonyl (C=O) groups is 1. The average molecular weight is 210 g/mol. The molecule has 82 valence electrons. The summed E-state index contributed by atoms with van der Waals surface area (Å²) in [6.45, 7) is 1.45. The summed E-state index contributed by atoms with van der Waals surface area (Å²) >= 11 is 0. The molecule has 0 bridgehead atoms. The molecule has 0 aromatic heterocycles. The molecule has 1 aromatic carbocycles. The SMILES string of the molecule is CC(F)CCC(C(=O)O)c1ccccc1. The van der Waals surface area contributed by atoms with Gasteiger partial charge in [0.25, 0.3) is 0 Å². The van der Waals surface area contributed by atoms with E-state index in [2.05, 4.69) is 0 Å². The quantitative estimate of drug-likeness (QED) is 0.811. The van der Waals surface area contributed by atoms with Gasteiger partial charge in [-0.2, -0.15) is 0 Å². The minimum absolute atomic E-state index is 0.284. The third kappa shape index (κ3) is 3.70. The van der Waals surface area contributed by atoms with Crippen molar-refractivity contribution in [1.29, 1.82) is 0 Å². The summed E-state index contributed by atoms with van der Waals surface area (Å²) in [5.74, 6) is -1.48. The molecule has 0 fully saturated rings. The number of hydrogen-bond donors (Lipinski definition) is 1. The second-order valence-corrected chi connectivity index (χ2v) is 3.66. The van der Waals surface area contributed by atoms with E-state index in [0.29, 0.717) is 6.42 Å². The van der Waals surface area contributed by atoms with Crippen LogP contribution in [0.15, 0.2) is 30.3 Å².